The molecule has 10 nitrogen and oxygen atoms in total. The first-order valence-electron chi connectivity index (χ1n) is 10.9. The highest BCUT2D eigenvalue weighted by molar-refractivity contribution is 6.00. The van der Waals surface area contributed by atoms with E-state index >= 15 is 0 Å². The van der Waals surface area contributed by atoms with Crippen molar-refractivity contribution in [3.05, 3.63) is 46.5 Å². The number of nitrogens with zero attached hydrogens (tertiary/aromatic N) is 4. The normalized spacial score (nSPS) is 26.0. The summed E-state index contributed by atoms with van der Waals surface area (Å²) in [7, 11) is 3.36. The van der Waals surface area contributed by atoms with E-state index in [1.54, 1.807) is 38.6 Å². The monoisotopic (exact) mass is 455 g/mol. The van der Waals surface area contributed by atoms with Crippen molar-refractivity contribution in [2.45, 2.75) is 50.0 Å². The van der Waals surface area contributed by atoms with Crippen LogP contribution in [0.25, 0.3) is 5.65 Å². The Hall–Kier alpha value is -3.47. The number of alkyl halides is 1. The van der Waals surface area contributed by atoms with Crippen molar-refractivity contribution in [1.29, 1.82) is 0 Å². The molecule has 2 unspecified atom stereocenters. The molecule has 3 aromatic rings. The van der Waals surface area contributed by atoms with Crippen LogP contribution in [0.4, 0.5) is 21.7 Å². The second-order valence-electron chi connectivity index (χ2n) is 8.73. The average Bonchev–Trinajstić information content (AvgIpc) is 3.37. The standard InChI is InChI=1S/C22H26FN7O3/c1-22(33-3)7-6-16(22)27-20(31)12-11-25-30-18(24-2)10-17(28-19(12)30)26-14-5-4-8-29(21(14)32)15-9-13(15)23/h4-5,8,10-11,13,15-16,24H,6-7,9H2,1-3H3,(H,26,28)(H,27,31)/t13-,15?,16?,22+/m1/s1. The van der Waals surface area contributed by atoms with Crippen LogP contribution in [0.1, 0.15) is 42.6 Å². The zero-order chi connectivity index (χ0) is 23.3. The first-order chi connectivity index (χ1) is 15.8. The highest BCUT2D eigenvalue weighted by Crippen LogP contribution is 2.38. The largest absolute Gasteiger partial charge is 0.376 e. The fourth-order valence-corrected chi connectivity index (χ4v) is 4.21. The van der Waals surface area contributed by atoms with E-state index in [2.05, 4.69) is 26.0 Å². The maximum absolute atomic E-state index is 13.5. The van der Waals surface area contributed by atoms with Gasteiger partial charge in [0, 0.05) is 32.8 Å². The first-order valence-corrected chi connectivity index (χ1v) is 10.9. The molecular weight excluding hydrogens is 429 g/mol. The molecule has 5 rings (SSSR count). The van der Waals surface area contributed by atoms with Crippen molar-refractivity contribution in [2.75, 3.05) is 24.8 Å². The van der Waals surface area contributed by atoms with E-state index < -0.39 is 12.2 Å². The Balaban J connectivity index is 1.46. The minimum Gasteiger partial charge on any atom is -0.376 e. The van der Waals surface area contributed by atoms with Crippen molar-refractivity contribution >= 4 is 28.9 Å². The van der Waals surface area contributed by atoms with Gasteiger partial charge in [-0.05, 0) is 31.9 Å². The van der Waals surface area contributed by atoms with Crippen molar-refractivity contribution in [3.8, 4) is 0 Å². The van der Waals surface area contributed by atoms with Gasteiger partial charge in [0.2, 0.25) is 0 Å². The number of rotatable bonds is 7. The van der Waals surface area contributed by atoms with Gasteiger partial charge in [-0.3, -0.25) is 9.59 Å². The molecule has 2 aliphatic rings. The molecule has 3 N–H and O–H groups in total. The van der Waals surface area contributed by atoms with Gasteiger partial charge in [-0.15, -0.1) is 0 Å². The lowest BCUT2D eigenvalue weighted by Gasteiger charge is -2.45. The Labute approximate surface area is 189 Å². The van der Waals surface area contributed by atoms with Crippen LogP contribution in [0.3, 0.4) is 0 Å². The Morgan fingerprint density at radius 1 is 1.39 bits per heavy atom. The van der Waals surface area contributed by atoms with E-state index in [4.69, 9.17) is 4.74 Å². The molecule has 0 bridgehead atoms. The van der Waals surface area contributed by atoms with Crippen LogP contribution < -0.4 is 21.5 Å². The Kier molecular flexibility index (Phi) is 5.08. The van der Waals surface area contributed by atoms with Gasteiger partial charge in [-0.2, -0.15) is 9.61 Å². The van der Waals surface area contributed by atoms with Crippen LogP contribution in [0.5, 0.6) is 0 Å². The number of hydrogen-bond acceptors (Lipinski definition) is 7. The van der Waals surface area contributed by atoms with Gasteiger partial charge >= 0.3 is 0 Å². The van der Waals surface area contributed by atoms with E-state index in [0.29, 0.717) is 29.3 Å². The molecule has 11 heteroatoms. The summed E-state index contributed by atoms with van der Waals surface area (Å²) in [6, 6.07) is 4.47. The quantitative estimate of drug-likeness (QED) is 0.501. The van der Waals surface area contributed by atoms with E-state index in [0.717, 1.165) is 12.8 Å². The summed E-state index contributed by atoms with van der Waals surface area (Å²) in [5, 5.41) is 13.4. The van der Waals surface area contributed by atoms with Crippen LogP contribution in [-0.4, -0.2) is 57.0 Å². The third kappa shape index (κ3) is 3.62. The molecule has 2 fully saturated rings. The summed E-state index contributed by atoms with van der Waals surface area (Å²) >= 11 is 0. The number of fused-ring (bicyclic) bond motifs is 1. The van der Waals surface area contributed by atoms with Gasteiger partial charge in [-0.25, -0.2) is 9.37 Å². The van der Waals surface area contributed by atoms with E-state index in [1.807, 2.05) is 6.92 Å². The molecule has 174 valence electrons. The van der Waals surface area contributed by atoms with Gasteiger partial charge in [0.05, 0.1) is 23.9 Å². The summed E-state index contributed by atoms with van der Waals surface area (Å²) in [5.41, 5.74) is 0.200. The fraction of sp³-hybridized carbons (Fsp3) is 0.455. The smallest absolute Gasteiger partial charge is 0.274 e. The number of ether oxygens (including phenoxy) is 1. The maximum atomic E-state index is 13.5. The van der Waals surface area contributed by atoms with Crippen molar-refractivity contribution in [1.82, 2.24) is 24.5 Å². The molecule has 2 aliphatic carbocycles. The molecule has 3 heterocycles. The third-order valence-corrected chi connectivity index (χ3v) is 6.69. The number of hydrogen-bond donors (Lipinski definition) is 3. The fourth-order valence-electron chi connectivity index (χ4n) is 4.21. The lowest BCUT2D eigenvalue weighted by atomic mass is 9.76. The molecule has 0 aliphatic heterocycles. The molecule has 0 aromatic carbocycles. The predicted octanol–water partition coefficient (Wildman–Crippen LogP) is 2.26. The minimum absolute atomic E-state index is 0.0976. The van der Waals surface area contributed by atoms with E-state index in [9.17, 15) is 14.0 Å². The van der Waals surface area contributed by atoms with Gasteiger partial charge in [0.15, 0.2) is 5.65 Å². The number of methoxy groups -OCH3 is 1. The molecule has 2 saturated carbocycles. The van der Waals surface area contributed by atoms with Gasteiger partial charge in [-0.1, -0.05) is 0 Å². The maximum Gasteiger partial charge on any atom is 0.274 e. The van der Waals surface area contributed by atoms with E-state index in [-0.39, 0.29) is 28.8 Å². The van der Waals surface area contributed by atoms with Crippen LogP contribution in [0, 0.1) is 0 Å². The number of carbonyl (C=O) groups excluding carboxylic acids is 1. The molecule has 3 aromatic heterocycles. The van der Waals surface area contributed by atoms with Crippen LogP contribution in [0.15, 0.2) is 35.4 Å². The van der Waals surface area contributed by atoms with Crippen LogP contribution in [0.2, 0.25) is 0 Å². The molecule has 33 heavy (non-hydrogen) atoms. The number of carbonyl (C=O) groups is 1. The van der Waals surface area contributed by atoms with Gasteiger partial charge in [0.25, 0.3) is 11.5 Å². The zero-order valence-corrected chi connectivity index (χ0v) is 18.6. The second kappa shape index (κ2) is 7.84. The summed E-state index contributed by atoms with van der Waals surface area (Å²) in [6.07, 6.45) is 4.10. The highest BCUT2D eigenvalue weighted by atomic mass is 19.1. The summed E-state index contributed by atoms with van der Waals surface area (Å²) in [6.45, 7) is 1.97. The van der Waals surface area contributed by atoms with Crippen LogP contribution >= 0.6 is 0 Å². The summed E-state index contributed by atoms with van der Waals surface area (Å²) in [5.74, 6) is 0.637. The van der Waals surface area contributed by atoms with E-state index in [1.165, 1.54) is 15.3 Å². The number of nitrogens with one attached hydrogen (secondary N) is 3. The molecule has 1 amide bonds. The highest BCUT2D eigenvalue weighted by Gasteiger charge is 2.44. The molecule has 0 saturated heterocycles. The lowest BCUT2D eigenvalue weighted by Crippen LogP contribution is -2.59. The van der Waals surface area contributed by atoms with Gasteiger partial charge in [0.1, 0.15) is 29.1 Å². The number of halogens is 1. The number of amides is 1. The lowest BCUT2D eigenvalue weighted by molar-refractivity contribution is -0.0828. The summed E-state index contributed by atoms with van der Waals surface area (Å²) in [4.78, 5) is 30.4. The van der Waals surface area contributed by atoms with Crippen molar-refractivity contribution < 1.29 is 13.9 Å². The topological polar surface area (TPSA) is 115 Å². The SMILES string of the molecule is CNc1cc(Nc2cccn(C3C[C@H]3F)c2=O)nc2c(C(=O)NC3CC[C@]3(C)OC)cnn12. The Morgan fingerprint density at radius 2 is 2.18 bits per heavy atom. The van der Waals surface area contributed by atoms with Crippen molar-refractivity contribution in [2.24, 2.45) is 0 Å². The minimum atomic E-state index is -0.994. The van der Waals surface area contributed by atoms with Gasteiger partial charge < -0.3 is 25.3 Å². The van der Waals surface area contributed by atoms with Crippen molar-refractivity contribution in [3.63, 3.8) is 0 Å². The first kappa shape index (κ1) is 21.4. The summed E-state index contributed by atoms with van der Waals surface area (Å²) < 4.78 is 22.0. The predicted molar refractivity (Wildman–Crippen MR) is 121 cm³/mol. The van der Waals surface area contributed by atoms with Crippen LogP contribution in [-0.2, 0) is 4.74 Å². The molecule has 0 spiro atoms. The number of pyridine rings is 1. The number of aromatic nitrogens is 4. The Bertz CT molecular complexity index is 1280. The molecular formula is C22H26FN7O3. The second-order valence-corrected chi connectivity index (χ2v) is 8.73. The molecule has 4 atom stereocenters. The third-order valence-electron chi connectivity index (χ3n) is 6.69. The zero-order valence-electron chi connectivity index (χ0n) is 18.6. The Morgan fingerprint density at radius 3 is 2.82 bits per heavy atom. The number of anilines is 3. The molecule has 0 radical (unpaired) electrons. The average molecular weight is 455 g/mol.